The first kappa shape index (κ1) is 23.5. The van der Waals surface area contributed by atoms with E-state index in [1.807, 2.05) is 0 Å². The van der Waals surface area contributed by atoms with E-state index in [1.165, 1.54) is 40.0 Å². The van der Waals surface area contributed by atoms with Crippen molar-refractivity contribution >= 4 is 39.1 Å². The Morgan fingerprint density at radius 1 is 0.806 bits per heavy atom. The highest BCUT2D eigenvalue weighted by Gasteiger charge is 2.46. The Bertz CT molecular complexity index is 1500. The van der Waals surface area contributed by atoms with Gasteiger partial charge in [-0.1, -0.05) is 30.3 Å². The molecule has 0 fully saturated rings. The number of amides is 3. The fourth-order valence-electron chi connectivity index (χ4n) is 4.15. The van der Waals surface area contributed by atoms with Gasteiger partial charge in [0.2, 0.25) is 0 Å². The van der Waals surface area contributed by atoms with E-state index in [2.05, 4.69) is 0 Å². The van der Waals surface area contributed by atoms with Crippen LogP contribution >= 0.6 is 0 Å². The third kappa shape index (κ3) is 3.88. The predicted molar refractivity (Wildman–Crippen MR) is 123 cm³/mol. The van der Waals surface area contributed by atoms with Gasteiger partial charge in [0.25, 0.3) is 17.7 Å². The summed E-state index contributed by atoms with van der Waals surface area (Å²) in [5.74, 6) is -1.29. The topological polar surface area (TPSA) is 104 Å². The molecule has 12 heteroatoms. The van der Waals surface area contributed by atoms with Gasteiger partial charge in [-0.25, -0.2) is 4.90 Å². The Kier molecular flexibility index (Phi) is 5.36. The molecule has 0 aliphatic carbocycles. The molecule has 0 saturated heterocycles. The summed E-state index contributed by atoms with van der Waals surface area (Å²) >= 11 is 0. The van der Waals surface area contributed by atoms with Crippen LogP contribution in [-0.2, 0) is 23.1 Å². The van der Waals surface area contributed by atoms with Gasteiger partial charge in [-0.3, -0.25) is 19.1 Å². The lowest BCUT2D eigenvalue weighted by molar-refractivity contribution is -0.0429. The van der Waals surface area contributed by atoms with Crippen LogP contribution in [0.1, 0.15) is 42.2 Å². The minimum absolute atomic E-state index is 0.113. The molecule has 36 heavy (non-hydrogen) atoms. The van der Waals surface area contributed by atoms with Crippen LogP contribution in [0.25, 0.3) is 0 Å². The van der Waals surface area contributed by atoms with Crippen LogP contribution in [-0.4, -0.2) is 36.5 Å². The van der Waals surface area contributed by atoms with E-state index in [9.17, 15) is 36.0 Å². The van der Waals surface area contributed by atoms with Crippen molar-refractivity contribution in [1.82, 2.24) is 4.90 Å². The number of sulfonamides is 1. The molecule has 3 aromatic carbocycles. The van der Waals surface area contributed by atoms with Crippen LogP contribution in [0.15, 0.2) is 66.7 Å². The van der Waals surface area contributed by atoms with Gasteiger partial charge in [-0.15, -0.1) is 0 Å². The Morgan fingerprint density at radius 2 is 1.42 bits per heavy atom. The number of anilines is 2. The van der Waals surface area contributed by atoms with Crippen molar-refractivity contribution in [1.29, 1.82) is 0 Å². The van der Waals surface area contributed by atoms with Crippen molar-refractivity contribution in [3.8, 4) is 0 Å². The quantitative estimate of drug-likeness (QED) is 0.519. The zero-order valence-electron chi connectivity index (χ0n) is 18.2. The number of nitrogens with zero attached hydrogens (tertiary/aromatic N) is 2. The van der Waals surface area contributed by atoms with Gasteiger partial charge in [0.05, 0.1) is 16.8 Å². The summed E-state index contributed by atoms with van der Waals surface area (Å²) in [5, 5.41) is 0. The monoisotopic (exact) mass is 515 g/mol. The standard InChI is InChI=1S/C24H16F3N3O5S/c25-24(26,27)36(34,35)28-16-8-5-14(6-9-16)12-29-13-15-7-10-17(11-20(15)21(29)31)30-22(32)18-3-1-2-4-19(18)23(30)33/h1-11,28H,12-13H2. The first-order chi connectivity index (χ1) is 17.0. The van der Waals surface area contributed by atoms with Gasteiger partial charge >= 0.3 is 15.5 Å². The van der Waals surface area contributed by atoms with E-state index in [-0.39, 0.29) is 41.5 Å². The maximum Gasteiger partial charge on any atom is 0.516 e. The van der Waals surface area contributed by atoms with E-state index >= 15 is 0 Å². The van der Waals surface area contributed by atoms with Crippen LogP contribution in [0.2, 0.25) is 0 Å². The Balaban J connectivity index is 1.32. The molecule has 2 aliphatic heterocycles. The van der Waals surface area contributed by atoms with Gasteiger partial charge in [0, 0.05) is 24.3 Å². The summed E-state index contributed by atoms with van der Waals surface area (Å²) in [6.45, 7) is 0.362. The minimum atomic E-state index is -5.53. The van der Waals surface area contributed by atoms with E-state index in [0.29, 0.717) is 16.7 Å². The van der Waals surface area contributed by atoms with Crippen LogP contribution < -0.4 is 9.62 Å². The van der Waals surface area contributed by atoms with E-state index in [4.69, 9.17) is 0 Å². The lowest BCUT2D eigenvalue weighted by atomic mass is 10.1. The third-order valence-electron chi connectivity index (χ3n) is 5.91. The van der Waals surface area contributed by atoms with Gasteiger partial charge in [-0.05, 0) is 47.5 Å². The largest absolute Gasteiger partial charge is 0.516 e. The van der Waals surface area contributed by atoms with Gasteiger partial charge in [-0.2, -0.15) is 21.6 Å². The smallest absolute Gasteiger partial charge is 0.330 e. The fraction of sp³-hybridized carbons (Fsp3) is 0.125. The van der Waals surface area contributed by atoms with Crippen LogP contribution in [0.4, 0.5) is 24.5 Å². The SMILES string of the molecule is O=C1c2cc(N3C(=O)c4ccccc4C3=O)ccc2CN1Cc1ccc(NS(=O)(=O)C(F)(F)F)cc1. The first-order valence-electron chi connectivity index (χ1n) is 10.5. The highest BCUT2D eigenvalue weighted by atomic mass is 32.2. The summed E-state index contributed by atoms with van der Waals surface area (Å²) in [4.78, 5) is 41.1. The molecule has 0 unspecified atom stereocenters. The van der Waals surface area contributed by atoms with Crippen molar-refractivity contribution in [2.45, 2.75) is 18.6 Å². The molecule has 184 valence electrons. The summed E-state index contributed by atoms with van der Waals surface area (Å²) < 4.78 is 61.6. The molecule has 1 N–H and O–H groups in total. The zero-order chi connectivity index (χ0) is 25.8. The maximum atomic E-state index is 13.0. The number of hydrogen-bond donors (Lipinski definition) is 1. The molecule has 2 aliphatic rings. The average Bonchev–Trinajstić information content (AvgIpc) is 3.27. The second-order valence-electron chi connectivity index (χ2n) is 8.24. The molecular formula is C24H16F3N3O5S. The van der Waals surface area contributed by atoms with Gasteiger partial charge in [0.15, 0.2) is 0 Å². The summed E-state index contributed by atoms with van der Waals surface area (Å²) in [6.07, 6.45) is 0. The molecule has 3 aromatic rings. The fourth-order valence-corrected chi connectivity index (χ4v) is 4.71. The van der Waals surface area contributed by atoms with E-state index in [1.54, 1.807) is 36.4 Å². The second kappa shape index (κ2) is 8.19. The number of alkyl halides is 3. The molecule has 0 radical (unpaired) electrons. The minimum Gasteiger partial charge on any atom is -0.330 e. The second-order valence-corrected chi connectivity index (χ2v) is 9.92. The molecule has 3 amide bonds. The number of fused-ring (bicyclic) bond motifs is 2. The molecule has 8 nitrogen and oxygen atoms in total. The lowest BCUT2D eigenvalue weighted by Gasteiger charge is -2.16. The van der Waals surface area contributed by atoms with Gasteiger partial charge in [0.1, 0.15) is 0 Å². The molecule has 0 spiro atoms. The van der Waals surface area contributed by atoms with Gasteiger partial charge < -0.3 is 4.90 Å². The molecule has 5 rings (SSSR count). The van der Waals surface area contributed by atoms with Crippen LogP contribution in [0.5, 0.6) is 0 Å². The molecular weight excluding hydrogens is 499 g/mol. The van der Waals surface area contributed by atoms with Crippen molar-refractivity contribution in [2.24, 2.45) is 0 Å². The van der Waals surface area contributed by atoms with Crippen molar-refractivity contribution in [3.05, 3.63) is 94.5 Å². The summed E-state index contributed by atoms with van der Waals surface area (Å²) in [6, 6.07) is 16.4. The Hall–Kier alpha value is -4.19. The lowest BCUT2D eigenvalue weighted by Crippen LogP contribution is -2.30. The van der Waals surface area contributed by atoms with Crippen molar-refractivity contribution < 1.29 is 36.0 Å². The maximum absolute atomic E-state index is 13.0. The van der Waals surface area contributed by atoms with E-state index in [0.717, 1.165) is 4.90 Å². The Labute approximate surface area is 203 Å². The third-order valence-corrected chi connectivity index (χ3v) is 7.02. The van der Waals surface area contributed by atoms with Crippen molar-refractivity contribution in [3.63, 3.8) is 0 Å². The normalized spacial score (nSPS) is 15.4. The Morgan fingerprint density at radius 3 is 2.00 bits per heavy atom. The summed E-state index contributed by atoms with van der Waals surface area (Å²) in [7, 11) is -5.53. The molecule has 0 bridgehead atoms. The first-order valence-corrected chi connectivity index (χ1v) is 12.0. The highest BCUT2D eigenvalue weighted by Crippen LogP contribution is 2.33. The predicted octanol–water partition coefficient (Wildman–Crippen LogP) is 3.90. The number of hydrogen-bond acceptors (Lipinski definition) is 5. The molecule has 2 heterocycles. The van der Waals surface area contributed by atoms with Crippen LogP contribution in [0, 0.1) is 0 Å². The molecule has 0 saturated carbocycles. The number of imide groups is 1. The highest BCUT2D eigenvalue weighted by molar-refractivity contribution is 7.93. The number of benzene rings is 3. The number of halogens is 3. The summed E-state index contributed by atoms with van der Waals surface area (Å²) in [5.41, 5.74) is -3.27. The molecule has 0 atom stereocenters. The van der Waals surface area contributed by atoms with E-state index < -0.39 is 27.3 Å². The zero-order valence-corrected chi connectivity index (χ0v) is 19.1. The van der Waals surface area contributed by atoms with Crippen molar-refractivity contribution in [2.75, 3.05) is 9.62 Å². The number of nitrogens with one attached hydrogen (secondary N) is 1. The molecule has 0 aromatic heterocycles. The number of carbonyl (C=O) groups is 3. The average molecular weight is 515 g/mol. The number of carbonyl (C=O) groups excluding carboxylic acids is 3. The van der Waals surface area contributed by atoms with Crippen LogP contribution in [0.3, 0.4) is 0 Å². The number of rotatable bonds is 5.